The lowest BCUT2D eigenvalue weighted by atomic mass is 10.2. The summed E-state index contributed by atoms with van der Waals surface area (Å²) in [6.07, 6.45) is 3.55. The fourth-order valence-corrected chi connectivity index (χ4v) is 1.80. The largest absolute Gasteiger partial charge is 0.340 e. The quantitative estimate of drug-likeness (QED) is 0.787. The van der Waals surface area contributed by atoms with E-state index < -0.39 is 0 Å². The molecular formula is C15H11N5. The second kappa shape index (κ2) is 5.24. The molecule has 20 heavy (non-hydrogen) atoms. The molecule has 0 aliphatic rings. The van der Waals surface area contributed by atoms with Crippen LogP contribution in [0.5, 0.6) is 0 Å². The molecule has 5 nitrogen and oxygen atoms in total. The van der Waals surface area contributed by atoms with Crippen LogP contribution >= 0.6 is 0 Å². The first-order chi connectivity index (χ1) is 9.85. The summed E-state index contributed by atoms with van der Waals surface area (Å²) in [5.41, 5.74) is 1.52. The third-order valence-electron chi connectivity index (χ3n) is 2.76. The molecule has 0 unspecified atom stereocenters. The van der Waals surface area contributed by atoms with E-state index in [-0.39, 0.29) is 0 Å². The maximum absolute atomic E-state index is 8.77. The average molecular weight is 261 g/mol. The Bertz CT molecular complexity index is 739. The Morgan fingerprint density at radius 3 is 2.60 bits per heavy atom. The lowest BCUT2D eigenvalue weighted by Gasteiger charge is -2.07. The third kappa shape index (κ3) is 2.49. The fraction of sp³-hybridized carbons (Fsp3) is 0. The zero-order valence-electron chi connectivity index (χ0n) is 10.6. The molecule has 3 aromatic rings. The van der Waals surface area contributed by atoms with Crippen molar-refractivity contribution < 1.29 is 0 Å². The van der Waals surface area contributed by atoms with Gasteiger partial charge in [-0.05, 0) is 42.5 Å². The molecule has 0 saturated heterocycles. The Balaban J connectivity index is 1.84. The number of hydrogen-bond acceptors (Lipinski definition) is 4. The minimum Gasteiger partial charge on any atom is -0.340 e. The van der Waals surface area contributed by atoms with Gasteiger partial charge in [-0.2, -0.15) is 10.4 Å². The van der Waals surface area contributed by atoms with Gasteiger partial charge in [-0.25, -0.2) is 9.67 Å². The summed E-state index contributed by atoms with van der Waals surface area (Å²) in [5, 5.41) is 16.1. The first-order valence-electron chi connectivity index (χ1n) is 6.09. The second-order valence-corrected chi connectivity index (χ2v) is 4.15. The van der Waals surface area contributed by atoms with Crippen LogP contribution in [0.15, 0.2) is 60.9 Å². The molecule has 0 amide bonds. The lowest BCUT2D eigenvalue weighted by molar-refractivity contribution is 0.848. The summed E-state index contributed by atoms with van der Waals surface area (Å²) < 4.78 is 1.70. The average Bonchev–Trinajstić information content (AvgIpc) is 3.03. The van der Waals surface area contributed by atoms with Crippen molar-refractivity contribution in [2.24, 2.45) is 0 Å². The Morgan fingerprint density at radius 1 is 1.05 bits per heavy atom. The normalized spacial score (nSPS) is 9.95. The van der Waals surface area contributed by atoms with Crippen LogP contribution in [0.4, 0.5) is 11.5 Å². The molecule has 5 heteroatoms. The molecule has 0 atom stereocenters. The van der Waals surface area contributed by atoms with E-state index in [1.54, 1.807) is 23.0 Å². The van der Waals surface area contributed by atoms with Gasteiger partial charge in [0.1, 0.15) is 5.82 Å². The van der Waals surface area contributed by atoms with Crippen LogP contribution in [0.1, 0.15) is 5.56 Å². The molecule has 0 fully saturated rings. The van der Waals surface area contributed by atoms with E-state index in [1.165, 1.54) is 0 Å². The third-order valence-corrected chi connectivity index (χ3v) is 2.76. The van der Waals surface area contributed by atoms with Crippen LogP contribution in [0.25, 0.3) is 5.82 Å². The van der Waals surface area contributed by atoms with Gasteiger partial charge in [-0.3, -0.25) is 0 Å². The van der Waals surface area contributed by atoms with Crippen molar-refractivity contribution >= 4 is 11.5 Å². The van der Waals surface area contributed by atoms with E-state index in [0.29, 0.717) is 5.56 Å². The number of nitrogens with zero attached hydrogens (tertiary/aromatic N) is 4. The Labute approximate surface area is 116 Å². The molecule has 1 aromatic carbocycles. The van der Waals surface area contributed by atoms with Gasteiger partial charge >= 0.3 is 0 Å². The van der Waals surface area contributed by atoms with Gasteiger partial charge < -0.3 is 5.32 Å². The number of hydrogen-bond donors (Lipinski definition) is 1. The molecule has 2 heterocycles. The standard InChI is InChI=1S/C15H11N5/c16-11-12-5-7-13(8-6-12)18-14-3-1-4-15(19-14)20-10-2-9-17-20/h1-10H,(H,18,19). The van der Waals surface area contributed by atoms with Crippen molar-refractivity contribution in [1.82, 2.24) is 14.8 Å². The zero-order valence-corrected chi connectivity index (χ0v) is 10.6. The van der Waals surface area contributed by atoms with E-state index in [4.69, 9.17) is 5.26 Å². The molecule has 0 spiro atoms. The van der Waals surface area contributed by atoms with Gasteiger partial charge in [0, 0.05) is 18.1 Å². The van der Waals surface area contributed by atoms with Crippen molar-refractivity contribution in [2.75, 3.05) is 5.32 Å². The summed E-state index contributed by atoms with van der Waals surface area (Å²) in [7, 11) is 0. The topological polar surface area (TPSA) is 66.5 Å². The molecule has 96 valence electrons. The summed E-state index contributed by atoms with van der Waals surface area (Å²) in [6.45, 7) is 0. The zero-order chi connectivity index (χ0) is 13.8. The van der Waals surface area contributed by atoms with Crippen LogP contribution in [-0.2, 0) is 0 Å². The smallest absolute Gasteiger partial charge is 0.155 e. The van der Waals surface area contributed by atoms with Gasteiger partial charge in [-0.1, -0.05) is 6.07 Å². The van der Waals surface area contributed by atoms with Gasteiger partial charge in [0.05, 0.1) is 11.6 Å². The molecule has 0 aliphatic carbocycles. The highest BCUT2D eigenvalue weighted by Gasteiger charge is 2.01. The Morgan fingerprint density at radius 2 is 1.90 bits per heavy atom. The second-order valence-electron chi connectivity index (χ2n) is 4.15. The van der Waals surface area contributed by atoms with Crippen molar-refractivity contribution in [3.63, 3.8) is 0 Å². The highest BCUT2D eigenvalue weighted by Crippen LogP contribution is 2.16. The number of rotatable bonds is 3. The highest BCUT2D eigenvalue weighted by molar-refractivity contribution is 5.58. The molecule has 1 N–H and O–H groups in total. The first-order valence-corrected chi connectivity index (χ1v) is 6.09. The predicted molar refractivity (Wildman–Crippen MR) is 75.8 cm³/mol. The predicted octanol–water partition coefficient (Wildman–Crippen LogP) is 2.88. The summed E-state index contributed by atoms with van der Waals surface area (Å²) in [5.74, 6) is 1.47. The number of nitrogens with one attached hydrogen (secondary N) is 1. The first kappa shape index (κ1) is 11.9. The molecule has 0 saturated carbocycles. The minimum atomic E-state index is 0.633. The van der Waals surface area contributed by atoms with E-state index >= 15 is 0 Å². The fourth-order valence-electron chi connectivity index (χ4n) is 1.80. The van der Waals surface area contributed by atoms with E-state index in [1.807, 2.05) is 42.6 Å². The van der Waals surface area contributed by atoms with Gasteiger partial charge in [0.2, 0.25) is 0 Å². The maximum Gasteiger partial charge on any atom is 0.155 e. The number of aromatic nitrogens is 3. The molecule has 0 bridgehead atoms. The van der Waals surface area contributed by atoms with Crippen LogP contribution < -0.4 is 5.32 Å². The number of benzene rings is 1. The molecular weight excluding hydrogens is 250 g/mol. The van der Waals surface area contributed by atoms with Crippen LogP contribution in [0, 0.1) is 11.3 Å². The minimum absolute atomic E-state index is 0.633. The SMILES string of the molecule is N#Cc1ccc(Nc2cccc(-n3cccn3)n2)cc1. The van der Waals surface area contributed by atoms with Crippen molar-refractivity contribution in [1.29, 1.82) is 5.26 Å². The van der Waals surface area contributed by atoms with Crippen LogP contribution in [-0.4, -0.2) is 14.8 Å². The van der Waals surface area contributed by atoms with Crippen molar-refractivity contribution in [2.45, 2.75) is 0 Å². The summed E-state index contributed by atoms with van der Waals surface area (Å²) in [6, 6.07) is 16.8. The maximum atomic E-state index is 8.77. The summed E-state index contributed by atoms with van der Waals surface area (Å²) >= 11 is 0. The Hall–Kier alpha value is -3.13. The Kier molecular flexibility index (Phi) is 3.13. The van der Waals surface area contributed by atoms with Crippen LogP contribution in [0.2, 0.25) is 0 Å². The molecule has 0 aliphatic heterocycles. The van der Waals surface area contributed by atoms with Gasteiger partial charge in [0.15, 0.2) is 5.82 Å². The monoisotopic (exact) mass is 261 g/mol. The van der Waals surface area contributed by atoms with E-state index in [9.17, 15) is 0 Å². The number of anilines is 2. The van der Waals surface area contributed by atoms with Crippen molar-refractivity contribution in [3.8, 4) is 11.9 Å². The van der Waals surface area contributed by atoms with E-state index in [2.05, 4.69) is 21.5 Å². The van der Waals surface area contributed by atoms with Gasteiger partial charge in [-0.15, -0.1) is 0 Å². The van der Waals surface area contributed by atoms with Gasteiger partial charge in [0.25, 0.3) is 0 Å². The van der Waals surface area contributed by atoms with Crippen LogP contribution in [0.3, 0.4) is 0 Å². The van der Waals surface area contributed by atoms with E-state index in [0.717, 1.165) is 17.3 Å². The molecule has 2 aromatic heterocycles. The number of pyridine rings is 1. The lowest BCUT2D eigenvalue weighted by Crippen LogP contribution is -2.00. The highest BCUT2D eigenvalue weighted by atomic mass is 15.3. The molecule has 3 rings (SSSR count). The number of nitriles is 1. The summed E-state index contributed by atoms with van der Waals surface area (Å²) in [4.78, 5) is 4.48. The van der Waals surface area contributed by atoms with Crippen molar-refractivity contribution in [3.05, 3.63) is 66.5 Å². The molecule has 0 radical (unpaired) electrons.